The van der Waals surface area contributed by atoms with E-state index in [0.29, 0.717) is 0 Å². The van der Waals surface area contributed by atoms with Crippen LogP contribution in [0.15, 0.2) is 33.6 Å². The molecule has 0 bridgehead atoms. The highest BCUT2D eigenvalue weighted by Crippen LogP contribution is 2.21. The van der Waals surface area contributed by atoms with Crippen LogP contribution in [0.2, 0.25) is 0 Å². The van der Waals surface area contributed by atoms with E-state index in [1.807, 2.05) is 38.1 Å². The molecule has 15 heavy (non-hydrogen) atoms. The monoisotopic (exact) mass is 287 g/mol. The number of rotatable bonds is 4. The molecule has 0 unspecified atom stereocenters. The number of Topliss-reactive ketones (excluding diaryl/α,β-unsaturated/α-hetero) is 1. The van der Waals surface area contributed by atoms with Crippen molar-refractivity contribution in [1.82, 2.24) is 4.72 Å². The maximum absolute atomic E-state index is 11.3. The molecule has 0 atom stereocenters. The Morgan fingerprint density at radius 2 is 1.87 bits per heavy atom. The third kappa shape index (κ3) is 3.97. The second-order valence-corrected chi connectivity index (χ2v) is 5.63. The van der Waals surface area contributed by atoms with E-state index in [1.54, 1.807) is 6.92 Å². The Morgan fingerprint density at radius 1 is 1.33 bits per heavy atom. The van der Waals surface area contributed by atoms with Crippen molar-refractivity contribution in [2.75, 3.05) is 0 Å². The van der Waals surface area contributed by atoms with Gasteiger partial charge in [0.05, 0.1) is 5.54 Å². The molecule has 0 saturated heterocycles. The molecule has 0 fully saturated rings. The summed E-state index contributed by atoms with van der Waals surface area (Å²) in [5.41, 5.74) is -0.488. The van der Waals surface area contributed by atoms with Crippen molar-refractivity contribution in [3.63, 3.8) is 0 Å². The Hall–Kier alpha value is -0.320. The first-order chi connectivity index (χ1) is 6.92. The fraction of sp³-hybridized carbons (Fsp3) is 0.364. The molecule has 0 radical (unpaired) electrons. The van der Waals surface area contributed by atoms with Crippen LogP contribution in [0.4, 0.5) is 0 Å². The minimum absolute atomic E-state index is 0.132. The second kappa shape index (κ2) is 5.14. The van der Waals surface area contributed by atoms with Crippen LogP contribution in [0.1, 0.15) is 20.8 Å². The largest absolute Gasteiger partial charge is 0.298 e. The fourth-order valence-corrected chi connectivity index (χ4v) is 1.81. The molecule has 82 valence electrons. The van der Waals surface area contributed by atoms with E-state index >= 15 is 0 Å². The molecule has 0 heterocycles. The lowest BCUT2D eigenvalue weighted by Crippen LogP contribution is -2.41. The summed E-state index contributed by atoms with van der Waals surface area (Å²) in [6, 6.07) is 7.95. The minimum Gasteiger partial charge on any atom is -0.298 e. The molecule has 0 aliphatic carbocycles. The summed E-state index contributed by atoms with van der Waals surface area (Å²) < 4.78 is 4.20. The van der Waals surface area contributed by atoms with Gasteiger partial charge in [0.25, 0.3) is 0 Å². The van der Waals surface area contributed by atoms with Gasteiger partial charge in [-0.3, -0.25) is 4.79 Å². The van der Waals surface area contributed by atoms with Crippen LogP contribution in [-0.2, 0) is 4.79 Å². The van der Waals surface area contributed by atoms with E-state index in [-0.39, 0.29) is 5.78 Å². The lowest BCUT2D eigenvalue weighted by molar-refractivity contribution is -0.121. The van der Waals surface area contributed by atoms with Crippen LogP contribution >= 0.6 is 27.9 Å². The van der Waals surface area contributed by atoms with Crippen molar-refractivity contribution in [3.05, 3.63) is 28.7 Å². The molecular formula is C11H14BrNOS. The first-order valence-electron chi connectivity index (χ1n) is 4.62. The number of hydrogen-bond donors (Lipinski definition) is 1. The molecule has 1 rings (SSSR count). The van der Waals surface area contributed by atoms with Crippen LogP contribution in [0, 0.1) is 0 Å². The van der Waals surface area contributed by atoms with Gasteiger partial charge in [-0.25, -0.2) is 4.72 Å². The second-order valence-electron chi connectivity index (χ2n) is 3.84. The van der Waals surface area contributed by atoms with Gasteiger partial charge in [0.2, 0.25) is 0 Å². The van der Waals surface area contributed by atoms with Gasteiger partial charge in [-0.15, -0.1) is 0 Å². The molecular weight excluding hydrogens is 274 g/mol. The molecule has 2 nitrogen and oxygen atoms in total. The van der Waals surface area contributed by atoms with Crippen LogP contribution in [0.25, 0.3) is 0 Å². The molecule has 1 aromatic carbocycles. The zero-order valence-corrected chi connectivity index (χ0v) is 11.4. The maximum Gasteiger partial charge on any atom is 0.150 e. The minimum atomic E-state index is -0.488. The van der Waals surface area contributed by atoms with Gasteiger partial charge in [0, 0.05) is 9.37 Å². The molecule has 0 amide bonds. The molecule has 0 saturated carbocycles. The summed E-state index contributed by atoms with van der Waals surface area (Å²) in [6.07, 6.45) is 0. The van der Waals surface area contributed by atoms with Crippen molar-refractivity contribution in [3.8, 4) is 0 Å². The average molecular weight is 288 g/mol. The highest BCUT2D eigenvalue weighted by Gasteiger charge is 2.22. The SMILES string of the molecule is CC(=O)C(C)(C)NSc1ccc(Br)cc1. The average Bonchev–Trinajstić information content (AvgIpc) is 2.17. The van der Waals surface area contributed by atoms with Gasteiger partial charge in [0.1, 0.15) is 5.78 Å². The van der Waals surface area contributed by atoms with E-state index in [0.717, 1.165) is 9.37 Å². The number of halogens is 1. The predicted molar refractivity (Wildman–Crippen MR) is 67.9 cm³/mol. The van der Waals surface area contributed by atoms with Gasteiger partial charge in [-0.1, -0.05) is 15.9 Å². The van der Waals surface area contributed by atoms with Gasteiger partial charge in [-0.05, 0) is 57.0 Å². The smallest absolute Gasteiger partial charge is 0.150 e. The number of ketones is 1. The van der Waals surface area contributed by atoms with E-state index < -0.39 is 5.54 Å². The molecule has 1 N–H and O–H groups in total. The van der Waals surface area contributed by atoms with Gasteiger partial charge in [-0.2, -0.15) is 0 Å². The number of nitrogens with one attached hydrogen (secondary N) is 1. The predicted octanol–water partition coefficient (Wildman–Crippen LogP) is 3.41. The summed E-state index contributed by atoms with van der Waals surface area (Å²) in [7, 11) is 0. The van der Waals surface area contributed by atoms with E-state index in [1.165, 1.54) is 11.9 Å². The molecule has 0 spiro atoms. The highest BCUT2D eigenvalue weighted by atomic mass is 79.9. The normalized spacial score (nSPS) is 11.5. The molecule has 0 aliphatic heterocycles. The fourth-order valence-electron chi connectivity index (χ4n) is 0.761. The summed E-state index contributed by atoms with van der Waals surface area (Å²) in [5.74, 6) is 0.132. The third-order valence-electron chi connectivity index (χ3n) is 2.12. The van der Waals surface area contributed by atoms with Crippen LogP contribution in [-0.4, -0.2) is 11.3 Å². The molecule has 0 aromatic heterocycles. The van der Waals surface area contributed by atoms with E-state index in [2.05, 4.69) is 20.7 Å². The Labute approximate surface area is 103 Å². The third-order valence-corrected chi connectivity index (χ3v) is 3.77. The maximum atomic E-state index is 11.3. The Morgan fingerprint density at radius 3 is 2.33 bits per heavy atom. The van der Waals surface area contributed by atoms with Crippen molar-refractivity contribution in [2.45, 2.75) is 31.2 Å². The zero-order valence-electron chi connectivity index (χ0n) is 9.00. The molecule has 1 aromatic rings. The first kappa shape index (κ1) is 12.7. The summed E-state index contributed by atoms with van der Waals surface area (Å²) in [6.45, 7) is 5.34. The van der Waals surface area contributed by atoms with Crippen molar-refractivity contribution >= 4 is 33.7 Å². The van der Waals surface area contributed by atoms with Crippen LogP contribution < -0.4 is 4.72 Å². The van der Waals surface area contributed by atoms with Gasteiger partial charge in [0.15, 0.2) is 0 Å². The number of benzene rings is 1. The number of hydrogen-bond acceptors (Lipinski definition) is 3. The van der Waals surface area contributed by atoms with Crippen LogP contribution in [0.5, 0.6) is 0 Å². The summed E-state index contributed by atoms with van der Waals surface area (Å²) >= 11 is 4.85. The summed E-state index contributed by atoms with van der Waals surface area (Å²) in [5, 5.41) is 0. The van der Waals surface area contributed by atoms with Crippen molar-refractivity contribution < 1.29 is 4.79 Å². The topological polar surface area (TPSA) is 29.1 Å². The van der Waals surface area contributed by atoms with Crippen molar-refractivity contribution in [1.29, 1.82) is 0 Å². The first-order valence-corrected chi connectivity index (χ1v) is 6.23. The lowest BCUT2D eigenvalue weighted by Gasteiger charge is -2.21. The van der Waals surface area contributed by atoms with Crippen molar-refractivity contribution in [2.24, 2.45) is 0 Å². The molecule has 0 aliphatic rings. The van der Waals surface area contributed by atoms with Gasteiger partial charge < -0.3 is 0 Å². The Balaban J connectivity index is 2.57. The van der Waals surface area contributed by atoms with Crippen LogP contribution in [0.3, 0.4) is 0 Å². The zero-order chi connectivity index (χ0) is 11.5. The lowest BCUT2D eigenvalue weighted by atomic mass is 10.0. The Bertz CT molecular complexity index is 348. The van der Waals surface area contributed by atoms with E-state index in [4.69, 9.17) is 0 Å². The van der Waals surface area contributed by atoms with Gasteiger partial charge >= 0.3 is 0 Å². The molecule has 4 heteroatoms. The number of carbonyl (C=O) groups is 1. The Kier molecular flexibility index (Phi) is 4.37. The number of carbonyl (C=O) groups excluding carboxylic acids is 1. The standard InChI is InChI=1S/C11H14BrNOS/c1-8(14)11(2,3)13-15-10-6-4-9(12)5-7-10/h4-7,13H,1-3H3. The summed E-state index contributed by atoms with van der Waals surface area (Å²) in [4.78, 5) is 12.3. The highest BCUT2D eigenvalue weighted by molar-refractivity contribution is 9.10. The van der Waals surface area contributed by atoms with E-state index in [9.17, 15) is 4.79 Å². The quantitative estimate of drug-likeness (QED) is 0.861.